The second-order valence-electron chi connectivity index (χ2n) is 2.27. The van der Waals surface area contributed by atoms with Crippen molar-refractivity contribution in [2.24, 2.45) is 5.73 Å². The highest BCUT2D eigenvalue weighted by Crippen LogP contribution is 2.08. The van der Waals surface area contributed by atoms with Crippen LogP contribution >= 0.6 is 11.8 Å². The molecule has 0 aliphatic carbocycles. The standard InChI is InChI=1S/C6H12F2N2OS/c1-12-2-5(11)10-4-6(7,8)3-9/h2-4,9H2,1H3,(H,10,11). The van der Waals surface area contributed by atoms with E-state index in [-0.39, 0.29) is 5.75 Å². The Morgan fingerprint density at radius 2 is 2.25 bits per heavy atom. The van der Waals surface area contributed by atoms with Crippen molar-refractivity contribution in [1.82, 2.24) is 5.32 Å². The molecule has 0 aromatic carbocycles. The molecule has 0 aliphatic rings. The highest BCUT2D eigenvalue weighted by molar-refractivity contribution is 7.99. The molecule has 0 heterocycles. The highest BCUT2D eigenvalue weighted by Gasteiger charge is 2.26. The predicted molar refractivity (Wildman–Crippen MR) is 45.4 cm³/mol. The van der Waals surface area contributed by atoms with Crippen molar-refractivity contribution in [3.05, 3.63) is 0 Å². The Kier molecular flexibility index (Phi) is 5.16. The van der Waals surface area contributed by atoms with E-state index >= 15 is 0 Å². The number of rotatable bonds is 5. The summed E-state index contributed by atoms with van der Waals surface area (Å²) in [6.45, 7) is -1.42. The zero-order valence-electron chi connectivity index (χ0n) is 6.77. The highest BCUT2D eigenvalue weighted by atomic mass is 32.2. The fraction of sp³-hybridized carbons (Fsp3) is 0.833. The summed E-state index contributed by atoms with van der Waals surface area (Å²) < 4.78 is 24.8. The maximum absolute atomic E-state index is 12.4. The minimum atomic E-state index is -2.99. The van der Waals surface area contributed by atoms with Crippen molar-refractivity contribution in [2.75, 3.05) is 25.1 Å². The number of hydrogen-bond acceptors (Lipinski definition) is 3. The van der Waals surface area contributed by atoms with Gasteiger partial charge in [0.25, 0.3) is 5.92 Å². The van der Waals surface area contributed by atoms with Crippen LogP contribution in [0.5, 0.6) is 0 Å². The number of carbonyl (C=O) groups is 1. The van der Waals surface area contributed by atoms with E-state index in [2.05, 4.69) is 5.32 Å². The Morgan fingerprint density at radius 1 is 1.67 bits per heavy atom. The zero-order chi connectivity index (χ0) is 9.61. The van der Waals surface area contributed by atoms with Crippen LogP contribution in [0.15, 0.2) is 0 Å². The van der Waals surface area contributed by atoms with Gasteiger partial charge < -0.3 is 11.1 Å². The van der Waals surface area contributed by atoms with Crippen molar-refractivity contribution in [3.63, 3.8) is 0 Å². The van der Waals surface area contributed by atoms with E-state index in [4.69, 9.17) is 5.73 Å². The van der Waals surface area contributed by atoms with Crippen LogP contribution in [0.25, 0.3) is 0 Å². The number of nitrogens with one attached hydrogen (secondary N) is 1. The monoisotopic (exact) mass is 198 g/mol. The first kappa shape index (κ1) is 11.6. The summed E-state index contributed by atoms with van der Waals surface area (Å²) in [6, 6.07) is 0. The van der Waals surface area contributed by atoms with E-state index in [1.54, 1.807) is 6.26 Å². The van der Waals surface area contributed by atoms with Gasteiger partial charge in [0.2, 0.25) is 5.91 Å². The molecule has 72 valence electrons. The minimum Gasteiger partial charge on any atom is -0.349 e. The first-order valence-corrected chi connectivity index (χ1v) is 4.75. The lowest BCUT2D eigenvalue weighted by Crippen LogP contribution is -2.42. The summed E-state index contributed by atoms with van der Waals surface area (Å²) >= 11 is 1.28. The van der Waals surface area contributed by atoms with Gasteiger partial charge in [-0.15, -0.1) is 0 Å². The van der Waals surface area contributed by atoms with Crippen molar-refractivity contribution >= 4 is 17.7 Å². The molecule has 0 spiro atoms. The van der Waals surface area contributed by atoms with E-state index in [0.717, 1.165) is 0 Å². The number of alkyl halides is 2. The van der Waals surface area contributed by atoms with E-state index in [9.17, 15) is 13.6 Å². The maximum Gasteiger partial charge on any atom is 0.277 e. The van der Waals surface area contributed by atoms with E-state index in [1.807, 2.05) is 0 Å². The first-order chi connectivity index (χ1) is 5.52. The van der Waals surface area contributed by atoms with Crippen LogP contribution in [-0.4, -0.2) is 36.9 Å². The normalized spacial score (nSPS) is 11.3. The van der Waals surface area contributed by atoms with Gasteiger partial charge >= 0.3 is 0 Å². The van der Waals surface area contributed by atoms with Crippen LogP contribution < -0.4 is 11.1 Å². The molecule has 0 unspecified atom stereocenters. The fourth-order valence-electron chi connectivity index (χ4n) is 0.482. The van der Waals surface area contributed by atoms with Gasteiger partial charge in [-0.1, -0.05) is 0 Å². The van der Waals surface area contributed by atoms with Crippen molar-refractivity contribution in [3.8, 4) is 0 Å². The van der Waals surface area contributed by atoms with Gasteiger partial charge in [-0.05, 0) is 6.26 Å². The van der Waals surface area contributed by atoms with Gasteiger partial charge in [0.15, 0.2) is 0 Å². The summed E-state index contributed by atoms with van der Waals surface area (Å²) in [5.74, 6) is -3.19. The van der Waals surface area contributed by atoms with Crippen LogP contribution in [0.2, 0.25) is 0 Å². The zero-order valence-corrected chi connectivity index (χ0v) is 7.59. The van der Waals surface area contributed by atoms with Crippen LogP contribution in [0.4, 0.5) is 8.78 Å². The first-order valence-electron chi connectivity index (χ1n) is 3.35. The molecule has 0 radical (unpaired) electrons. The number of amides is 1. The van der Waals surface area contributed by atoms with E-state index in [0.29, 0.717) is 0 Å². The molecule has 0 bridgehead atoms. The Hall–Kier alpha value is -0.360. The van der Waals surface area contributed by atoms with Gasteiger partial charge in [0.05, 0.1) is 18.8 Å². The predicted octanol–water partition coefficient (Wildman–Crippen LogP) is 0.0596. The lowest BCUT2D eigenvalue weighted by Gasteiger charge is -2.13. The summed E-state index contributed by atoms with van der Waals surface area (Å²) in [7, 11) is 0. The molecule has 0 fully saturated rings. The molecule has 0 aliphatic heterocycles. The van der Waals surface area contributed by atoms with Gasteiger partial charge in [0.1, 0.15) is 0 Å². The van der Waals surface area contributed by atoms with Crippen LogP contribution in [0, 0.1) is 0 Å². The van der Waals surface area contributed by atoms with Crippen molar-refractivity contribution in [1.29, 1.82) is 0 Å². The number of carbonyl (C=O) groups excluding carboxylic acids is 1. The van der Waals surface area contributed by atoms with Gasteiger partial charge in [-0.3, -0.25) is 4.79 Å². The molecular formula is C6H12F2N2OS. The second-order valence-corrected chi connectivity index (χ2v) is 3.14. The summed E-state index contributed by atoms with van der Waals surface area (Å²) in [5, 5.41) is 2.08. The second kappa shape index (κ2) is 5.31. The lowest BCUT2D eigenvalue weighted by atomic mass is 10.3. The molecule has 1 amide bonds. The molecular weight excluding hydrogens is 186 g/mol. The third kappa shape index (κ3) is 5.31. The molecule has 3 N–H and O–H groups in total. The third-order valence-corrected chi connectivity index (χ3v) is 1.67. The van der Waals surface area contributed by atoms with Crippen molar-refractivity contribution < 1.29 is 13.6 Å². The van der Waals surface area contributed by atoms with Crippen LogP contribution in [-0.2, 0) is 4.79 Å². The number of hydrogen-bond donors (Lipinski definition) is 2. The summed E-state index contributed by atoms with van der Waals surface area (Å²) in [4.78, 5) is 10.7. The topological polar surface area (TPSA) is 55.1 Å². The molecule has 0 saturated heterocycles. The Balaban J connectivity index is 3.60. The van der Waals surface area contributed by atoms with Gasteiger partial charge in [0, 0.05) is 0 Å². The molecule has 3 nitrogen and oxygen atoms in total. The summed E-state index contributed by atoms with van der Waals surface area (Å²) in [5.41, 5.74) is 4.76. The Labute approximate surface area is 74.1 Å². The number of thioether (sulfide) groups is 1. The largest absolute Gasteiger partial charge is 0.349 e. The molecule has 0 aromatic rings. The molecule has 0 atom stereocenters. The molecule has 0 saturated carbocycles. The summed E-state index contributed by atoms with van der Waals surface area (Å²) in [6.07, 6.45) is 1.72. The van der Waals surface area contributed by atoms with Crippen molar-refractivity contribution in [2.45, 2.75) is 5.92 Å². The molecule has 0 rings (SSSR count). The molecule has 6 heteroatoms. The fourth-order valence-corrected chi connectivity index (χ4v) is 0.846. The average Bonchev–Trinajstić information content (AvgIpc) is 2.02. The maximum atomic E-state index is 12.4. The van der Waals surface area contributed by atoms with Gasteiger partial charge in [-0.25, -0.2) is 8.78 Å². The van der Waals surface area contributed by atoms with Gasteiger partial charge in [-0.2, -0.15) is 11.8 Å². The lowest BCUT2D eigenvalue weighted by molar-refractivity contribution is -0.120. The number of halogens is 2. The van der Waals surface area contributed by atoms with E-state index in [1.165, 1.54) is 11.8 Å². The van der Waals surface area contributed by atoms with Crippen LogP contribution in [0.1, 0.15) is 0 Å². The molecule has 0 aromatic heterocycles. The SMILES string of the molecule is CSCC(=O)NCC(F)(F)CN. The Bertz CT molecular complexity index is 154. The number of nitrogens with two attached hydrogens (primary N) is 1. The minimum absolute atomic E-state index is 0.195. The quantitative estimate of drug-likeness (QED) is 0.656. The Morgan fingerprint density at radius 3 is 2.67 bits per heavy atom. The average molecular weight is 198 g/mol. The smallest absolute Gasteiger partial charge is 0.277 e. The molecule has 12 heavy (non-hydrogen) atoms. The third-order valence-electron chi connectivity index (χ3n) is 1.12. The van der Waals surface area contributed by atoms with Crippen LogP contribution in [0.3, 0.4) is 0 Å². The van der Waals surface area contributed by atoms with E-state index < -0.39 is 24.9 Å².